The lowest BCUT2D eigenvalue weighted by molar-refractivity contribution is 0.0706. The summed E-state index contributed by atoms with van der Waals surface area (Å²) in [7, 11) is 0. The minimum absolute atomic E-state index is 0.113. The minimum Gasteiger partial charge on any atom is -0.338 e. The molecule has 0 bridgehead atoms. The van der Waals surface area contributed by atoms with E-state index in [1.807, 2.05) is 4.90 Å². The fourth-order valence-corrected chi connectivity index (χ4v) is 2.99. The number of carbonyl (C=O) groups excluding carboxylic acids is 1. The third-order valence-corrected chi connectivity index (χ3v) is 4.23. The maximum atomic E-state index is 13.2. The van der Waals surface area contributed by atoms with E-state index in [0.29, 0.717) is 18.0 Å². The molecule has 1 saturated heterocycles. The van der Waals surface area contributed by atoms with Gasteiger partial charge in [0, 0.05) is 36.8 Å². The van der Waals surface area contributed by atoms with Crippen molar-refractivity contribution in [1.29, 1.82) is 0 Å². The average molecular weight is 298 g/mol. The maximum absolute atomic E-state index is 13.2. The van der Waals surface area contributed by atoms with Crippen LogP contribution in [0.3, 0.4) is 0 Å². The highest BCUT2D eigenvalue weighted by molar-refractivity contribution is 5.94. The standard InChI is InChI=1S/C18H19FN2O/c1-13-4-6-14(7-5-13)16-3-2-10-21(12-16)18(22)15-8-9-20-17(19)11-15/h4-9,11,16H,2-3,10,12H2,1H3/t16-/m1/s1. The minimum atomic E-state index is -0.613. The molecule has 1 amide bonds. The van der Waals surface area contributed by atoms with Crippen molar-refractivity contribution in [2.45, 2.75) is 25.7 Å². The number of rotatable bonds is 2. The highest BCUT2D eigenvalue weighted by Crippen LogP contribution is 2.28. The third-order valence-electron chi connectivity index (χ3n) is 4.23. The number of carbonyl (C=O) groups is 1. The fourth-order valence-electron chi connectivity index (χ4n) is 2.99. The summed E-state index contributed by atoms with van der Waals surface area (Å²) in [6.07, 6.45) is 3.39. The van der Waals surface area contributed by atoms with Crippen molar-refractivity contribution in [2.75, 3.05) is 13.1 Å². The molecule has 1 aliphatic rings. The van der Waals surface area contributed by atoms with Gasteiger partial charge in [0.2, 0.25) is 5.95 Å². The van der Waals surface area contributed by atoms with Gasteiger partial charge in [-0.15, -0.1) is 0 Å². The second-order valence-corrected chi connectivity index (χ2v) is 5.87. The Balaban J connectivity index is 1.75. The lowest BCUT2D eigenvalue weighted by Crippen LogP contribution is -2.39. The number of halogens is 1. The zero-order chi connectivity index (χ0) is 15.5. The summed E-state index contributed by atoms with van der Waals surface area (Å²) < 4.78 is 13.2. The lowest BCUT2D eigenvalue weighted by atomic mass is 9.90. The molecule has 1 aromatic carbocycles. The summed E-state index contributed by atoms with van der Waals surface area (Å²) in [6, 6.07) is 11.3. The normalized spacial score (nSPS) is 18.3. The van der Waals surface area contributed by atoms with Crippen molar-refractivity contribution in [3.63, 3.8) is 0 Å². The molecule has 0 aliphatic carbocycles. The first-order valence-corrected chi connectivity index (χ1v) is 7.61. The van der Waals surface area contributed by atoms with Gasteiger partial charge in [0.05, 0.1) is 0 Å². The Morgan fingerprint density at radius 2 is 2.05 bits per heavy atom. The summed E-state index contributed by atoms with van der Waals surface area (Å²) in [6.45, 7) is 3.48. The molecule has 2 heterocycles. The molecule has 1 atom stereocenters. The second-order valence-electron chi connectivity index (χ2n) is 5.87. The molecular formula is C18H19FN2O. The largest absolute Gasteiger partial charge is 0.338 e. The number of pyridine rings is 1. The van der Waals surface area contributed by atoms with Gasteiger partial charge in [-0.1, -0.05) is 29.8 Å². The molecule has 3 nitrogen and oxygen atoms in total. The van der Waals surface area contributed by atoms with Crippen LogP contribution in [0, 0.1) is 12.9 Å². The van der Waals surface area contributed by atoms with Crippen LogP contribution in [0.5, 0.6) is 0 Å². The van der Waals surface area contributed by atoms with Crippen LogP contribution in [0.2, 0.25) is 0 Å². The number of hydrogen-bond donors (Lipinski definition) is 0. The Kier molecular flexibility index (Phi) is 4.18. The van der Waals surface area contributed by atoms with Gasteiger partial charge in [-0.05, 0) is 31.4 Å². The number of aryl methyl sites for hydroxylation is 1. The van der Waals surface area contributed by atoms with E-state index in [0.717, 1.165) is 19.4 Å². The number of aromatic nitrogens is 1. The average Bonchev–Trinajstić information content (AvgIpc) is 2.55. The van der Waals surface area contributed by atoms with E-state index < -0.39 is 5.95 Å². The van der Waals surface area contributed by atoms with Gasteiger partial charge in [0.15, 0.2) is 0 Å². The number of benzene rings is 1. The molecule has 3 rings (SSSR count). The monoisotopic (exact) mass is 298 g/mol. The van der Waals surface area contributed by atoms with E-state index in [-0.39, 0.29) is 5.91 Å². The highest BCUT2D eigenvalue weighted by atomic mass is 19.1. The molecule has 0 N–H and O–H groups in total. The van der Waals surface area contributed by atoms with Gasteiger partial charge in [-0.3, -0.25) is 4.79 Å². The van der Waals surface area contributed by atoms with E-state index in [1.54, 1.807) is 6.07 Å². The Morgan fingerprint density at radius 1 is 1.27 bits per heavy atom. The van der Waals surface area contributed by atoms with E-state index in [1.165, 1.54) is 23.4 Å². The van der Waals surface area contributed by atoms with Crippen LogP contribution < -0.4 is 0 Å². The van der Waals surface area contributed by atoms with Crippen LogP contribution >= 0.6 is 0 Å². The van der Waals surface area contributed by atoms with Crippen LogP contribution in [0.15, 0.2) is 42.6 Å². The van der Waals surface area contributed by atoms with Crippen LogP contribution in [-0.2, 0) is 0 Å². The van der Waals surface area contributed by atoms with Gasteiger partial charge < -0.3 is 4.90 Å². The van der Waals surface area contributed by atoms with Crippen molar-refractivity contribution in [3.05, 3.63) is 65.2 Å². The van der Waals surface area contributed by atoms with Gasteiger partial charge in [-0.2, -0.15) is 4.39 Å². The molecule has 4 heteroatoms. The first-order valence-electron chi connectivity index (χ1n) is 7.61. The molecular weight excluding hydrogens is 279 g/mol. The molecule has 0 radical (unpaired) electrons. The number of amides is 1. The molecule has 114 valence electrons. The molecule has 0 saturated carbocycles. The second kappa shape index (κ2) is 6.26. The van der Waals surface area contributed by atoms with Gasteiger partial charge in [0.25, 0.3) is 5.91 Å². The van der Waals surface area contributed by atoms with E-state index in [2.05, 4.69) is 36.2 Å². The Hall–Kier alpha value is -2.23. The topological polar surface area (TPSA) is 33.2 Å². The number of piperidine rings is 1. The summed E-state index contributed by atoms with van der Waals surface area (Å²) in [5.41, 5.74) is 2.88. The third kappa shape index (κ3) is 3.16. The smallest absolute Gasteiger partial charge is 0.254 e. The van der Waals surface area contributed by atoms with Gasteiger partial charge in [-0.25, -0.2) is 4.98 Å². The zero-order valence-corrected chi connectivity index (χ0v) is 12.6. The van der Waals surface area contributed by atoms with Crippen LogP contribution in [0.1, 0.15) is 40.2 Å². The molecule has 1 aliphatic heterocycles. The van der Waals surface area contributed by atoms with Gasteiger partial charge >= 0.3 is 0 Å². The van der Waals surface area contributed by atoms with Gasteiger partial charge in [0.1, 0.15) is 0 Å². The van der Waals surface area contributed by atoms with Crippen LogP contribution in [0.25, 0.3) is 0 Å². The van der Waals surface area contributed by atoms with Crippen molar-refractivity contribution in [1.82, 2.24) is 9.88 Å². The Labute approximate surface area is 129 Å². The SMILES string of the molecule is Cc1ccc([C@@H]2CCCN(C(=O)c3ccnc(F)c3)C2)cc1. The Morgan fingerprint density at radius 3 is 2.77 bits per heavy atom. The Bertz CT molecular complexity index is 669. The lowest BCUT2D eigenvalue weighted by Gasteiger charge is -2.33. The van der Waals surface area contributed by atoms with Crippen molar-refractivity contribution in [3.8, 4) is 0 Å². The molecule has 1 aromatic heterocycles. The summed E-state index contributed by atoms with van der Waals surface area (Å²) in [4.78, 5) is 17.8. The zero-order valence-electron chi connectivity index (χ0n) is 12.6. The summed E-state index contributed by atoms with van der Waals surface area (Å²) in [5.74, 6) is -0.374. The molecule has 0 unspecified atom stereocenters. The molecule has 22 heavy (non-hydrogen) atoms. The van der Waals surface area contributed by atoms with Crippen molar-refractivity contribution in [2.24, 2.45) is 0 Å². The first-order chi connectivity index (χ1) is 10.6. The first kappa shape index (κ1) is 14.7. The summed E-state index contributed by atoms with van der Waals surface area (Å²) >= 11 is 0. The highest BCUT2D eigenvalue weighted by Gasteiger charge is 2.25. The predicted molar refractivity (Wildman–Crippen MR) is 83.3 cm³/mol. The van der Waals surface area contributed by atoms with Crippen molar-refractivity contribution < 1.29 is 9.18 Å². The molecule has 1 fully saturated rings. The van der Waals surface area contributed by atoms with Crippen molar-refractivity contribution >= 4 is 5.91 Å². The number of nitrogens with zero attached hydrogens (tertiary/aromatic N) is 2. The quantitative estimate of drug-likeness (QED) is 0.794. The molecule has 2 aromatic rings. The molecule has 0 spiro atoms. The van der Waals surface area contributed by atoms with Crippen LogP contribution in [0.4, 0.5) is 4.39 Å². The number of likely N-dealkylation sites (tertiary alicyclic amines) is 1. The van der Waals surface area contributed by atoms with Crippen LogP contribution in [-0.4, -0.2) is 28.9 Å². The van der Waals surface area contributed by atoms with E-state index in [4.69, 9.17) is 0 Å². The fraction of sp³-hybridized carbons (Fsp3) is 0.333. The maximum Gasteiger partial charge on any atom is 0.254 e. The van der Waals surface area contributed by atoms with E-state index >= 15 is 0 Å². The summed E-state index contributed by atoms with van der Waals surface area (Å²) in [5, 5.41) is 0. The predicted octanol–water partition coefficient (Wildman–Crippen LogP) is 3.55. The van der Waals surface area contributed by atoms with E-state index in [9.17, 15) is 9.18 Å². The number of hydrogen-bond acceptors (Lipinski definition) is 2.